The number of carboxylic acid groups (broad SMARTS) is 10. The predicted octanol–water partition coefficient (Wildman–Crippen LogP) is -15.4. The third kappa shape index (κ3) is 24500. The van der Waals surface area contributed by atoms with Gasteiger partial charge in [0.25, 0.3) is 0 Å². The average molecular weight is 1120 g/mol. The van der Waals surface area contributed by atoms with Crippen LogP contribution >= 0.6 is 0 Å². The van der Waals surface area contributed by atoms with Crippen LogP contribution in [0.3, 0.4) is 0 Å². The second-order valence-corrected chi connectivity index (χ2v) is 4.92. The summed E-state index contributed by atoms with van der Waals surface area (Å²) in [5.41, 5.74) is 0. The van der Waals surface area contributed by atoms with E-state index in [0.29, 0.717) is 0 Å². The molecule has 0 aromatic carbocycles. The molecule has 0 aromatic heterocycles. The summed E-state index contributed by atoms with van der Waals surface area (Å²) in [4.78, 5) is 88.9. The van der Waals surface area contributed by atoms with Gasteiger partial charge in [0.15, 0.2) is 0 Å². The summed E-state index contributed by atoms with van der Waals surface area (Å²) in [5.74, 6) is -10.8. The van der Waals surface area contributed by atoms with E-state index in [1.165, 1.54) is 0 Å². The van der Waals surface area contributed by atoms with E-state index < -0.39 is 59.7 Å². The minimum Gasteiger partial charge on any atom is -0.550 e. The van der Waals surface area contributed by atoms with Crippen molar-refractivity contribution in [2.45, 2.75) is 69.2 Å². The van der Waals surface area contributed by atoms with E-state index in [1.807, 2.05) is 0 Å². The molecule has 20 nitrogen and oxygen atoms in total. The molecule has 24 heteroatoms. The average Bonchev–Trinajstić information content (AvgIpc) is 2.47. The fourth-order valence-electron chi connectivity index (χ4n) is 0. The third-order valence-electron chi connectivity index (χ3n) is 0. The molecule has 0 saturated carbocycles. The minimum atomic E-state index is -1.08. The molecule has 0 aliphatic rings. The number of hydrogen-bond acceptors (Lipinski definition) is 20. The molecule has 0 saturated heterocycles. The van der Waals surface area contributed by atoms with Crippen molar-refractivity contribution < 1.29 is 214 Å². The van der Waals surface area contributed by atoms with Gasteiger partial charge >= 0.3 is 115 Å². The molecule has 0 unspecified atom stereocenters. The van der Waals surface area contributed by atoms with Crippen LogP contribution in [0.5, 0.6) is 0 Å². The maximum absolute atomic E-state index is 8.89. The Kier molecular flexibility index (Phi) is 172. The van der Waals surface area contributed by atoms with Gasteiger partial charge in [0.05, 0.1) is 0 Å². The summed E-state index contributed by atoms with van der Waals surface area (Å²) in [6, 6.07) is 0. The quantitative estimate of drug-likeness (QED) is 0.203. The van der Waals surface area contributed by atoms with Crippen molar-refractivity contribution in [3.05, 3.63) is 0 Å². The second kappa shape index (κ2) is 83.8. The molecular formula is C20H30AuKO20PdRe. The van der Waals surface area contributed by atoms with Gasteiger partial charge in [0, 0.05) is 59.7 Å². The minimum absolute atomic E-state index is 0. The van der Waals surface area contributed by atoms with E-state index in [-0.39, 0.29) is 115 Å². The zero-order valence-electron chi connectivity index (χ0n) is 25.2. The third-order valence-corrected chi connectivity index (χ3v) is 0. The second-order valence-electron chi connectivity index (χ2n) is 4.92. The van der Waals surface area contributed by atoms with E-state index in [1.54, 1.807) is 0 Å². The summed E-state index contributed by atoms with van der Waals surface area (Å²) in [6.45, 7) is 9.72. The van der Waals surface area contributed by atoms with Gasteiger partial charge in [-0.15, -0.1) is 0 Å². The van der Waals surface area contributed by atoms with Crippen LogP contribution in [0.4, 0.5) is 0 Å². The fraction of sp³-hybridized carbons (Fsp3) is 0.500. The van der Waals surface area contributed by atoms with Crippen LogP contribution in [0, 0.1) is 0 Å². The van der Waals surface area contributed by atoms with Crippen molar-refractivity contribution >= 4 is 59.7 Å². The SMILES string of the molecule is CC(=O)[O-].CC(=O)[O-].CC(=O)[O-].CC(=O)[O-].CC(=O)[O-].CC(=O)[O-].CC(=O)[O-].CC(=O)[O-].CC(=O)[O-].CC(=O)[O-].[Au+3].[K+].[Pd+2].[Re+4]. The Hall–Kier alpha value is -1.60. The smallest absolute Gasteiger partial charge is 0.550 e. The molecule has 1 radical (unpaired) electrons. The number of carbonyl (C=O) groups excluding carboxylic acids is 10. The van der Waals surface area contributed by atoms with Crippen LogP contribution in [0.2, 0.25) is 0 Å². The van der Waals surface area contributed by atoms with Crippen molar-refractivity contribution in [1.82, 2.24) is 0 Å². The molecule has 0 amide bonds. The number of carbonyl (C=O) groups is 10. The first kappa shape index (κ1) is 90.1. The maximum atomic E-state index is 8.89. The molecule has 0 aliphatic carbocycles. The molecule has 0 heterocycles. The molecular weight excluding hydrogens is 1090 g/mol. The largest absolute Gasteiger partial charge is 4.00 e. The van der Waals surface area contributed by atoms with E-state index in [9.17, 15) is 0 Å². The Morgan fingerprint density at radius 3 is 0.273 bits per heavy atom. The Morgan fingerprint density at radius 2 is 0.273 bits per heavy atom. The number of aliphatic carboxylic acids is 10. The Labute approximate surface area is 338 Å². The van der Waals surface area contributed by atoms with Crippen molar-refractivity contribution in [3.8, 4) is 0 Å². The summed E-state index contributed by atoms with van der Waals surface area (Å²) in [5, 5.41) is 88.9. The van der Waals surface area contributed by atoms with Gasteiger partial charge in [-0.1, -0.05) is 0 Å². The van der Waals surface area contributed by atoms with Crippen LogP contribution in [-0.2, 0) is 111 Å². The molecule has 0 atom stereocenters. The van der Waals surface area contributed by atoms with Gasteiger partial charge in [0.2, 0.25) is 0 Å². The topological polar surface area (TPSA) is 401 Å². The Balaban J connectivity index is -0.0000000187. The van der Waals surface area contributed by atoms with Crippen LogP contribution in [0.15, 0.2) is 0 Å². The first-order chi connectivity index (χ1) is 17.3. The van der Waals surface area contributed by atoms with Crippen molar-refractivity contribution in [1.29, 1.82) is 0 Å². The van der Waals surface area contributed by atoms with Crippen LogP contribution in [0.1, 0.15) is 69.2 Å². The van der Waals surface area contributed by atoms with E-state index in [4.69, 9.17) is 99.0 Å². The zero-order chi connectivity index (χ0) is 35.8. The van der Waals surface area contributed by atoms with Crippen molar-refractivity contribution in [2.24, 2.45) is 0 Å². The molecule has 44 heavy (non-hydrogen) atoms. The van der Waals surface area contributed by atoms with Crippen LogP contribution < -0.4 is 102 Å². The molecule has 0 aliphatic heterocycles. The standard InChI is InChI=1S/10C2H4O2.Au.K.Pd.Re/c10*1-2(3)4;;;;/h10*1H3,(H,3,4);;;;/q;;;;;;;;;;+3;+1;+2;+4/p-10. The molecule has 0 bridgehead atoms. The van der Waals surface area contributed by atoms with Gasteiger partial charge in [-0.3, -0.25) is 0 Å². The number of hydrogen-bond donors (Lipinski definition) is 0. The Morgan fingerprint density at radius 1 is 0.273 bits per heavy atom. The van der Waals surface area contributed by atoms with Crippen molar-refractivity contribution in [3.63, 3.8) is 0 Å². The van der Waals surface area contributed by atoms with Gasteiger partial charge in [-0.2, -0.15) is 0 Å². The molecule has 0 fully saturated rings. The first-order valence-electron chi connectivity index (χ1n) is 9.08. The summed E-state index contributed by atoms with van der Waals surface area (Å²) in [6.07, 6.45) is 0. The number of carboxylic acids is 10. The van der Waals surface area contributed by atoms with E-state index >= 15 is 0 Å². The van der Waals surface area contributed by atoms with Crippen molar-refractivity contribution in [2.75, 3.05) is 0 Å². The molecule has 0 aromatic rings. The van der Waals surface area contributed by atoms with E-state index in [0.717, 1.165) is 69.2 Å². The summed E-state index contributed by atoms with van der Waals surface area (Å²) < 4.78 is 0. The normalized spacial score (nSPS) is 5.68. The predicted molar refractivity (Wildman–Crippen MR) is 107 cm³/mol. The molecule has 259 valence electrons. The molecule has 0 spiro atoms. The van der Waals surface area contributed by atoms with Crippen LogP contribution in [0.25, 0.3) is 0 Å². The molecule has 0 N–H and O–H groups in total. The molecule has 0 rings (SSSR count). The monoisotopic (exact) mass is 1120 g/mol. The zero-order valence-corrected chi connectivity index (χ0v) is 34.7. The number of rotatable bonds is 0. The van der Waals surface area contributed by atoms with Crippen LogP contribution in [-0.4, -0.2) is 59.7 Å². The fourth-order valence-corrected chi connectivity index (χ4v) is 0. The van der Waals surface area contributed by atoms with Gasteiger partial charge < -0.3 is 99.0 Å². The van der Waals surface area contributed by atoms with Gasteiger partial charge in [-0.25, -0.2) is 0 Å². The van der Waals surface area contributed by atoms with E-state index in [2.05, 4.69) is 0 Å². The maximum Gasteiger partial charge on any atom is 4.00 e. The summed E-state index contributed by atoms with van der Waals surface area (Å²) >= 11 is 0. The first-order valence-corrected chi connectivity index (χ1v) is 9.08. The van der Waals surface area contributed by atoms with Gasteiger partial charge in [0.1, 0.15) is 0 Å². The summed E-state index contributed by atoms with van der Waals surface area (Å²) in [7, 11) is 0. The van der Waals surface area contributed by atoms with Gasteiger partial charge in [-0.05, 0) is 69.2 Å². The Bertz CT molecular complexity index is 497.